The molecule has 17 heavy (non-hydrogen) atoms. The Kier molecular flexibility index (Phi) is 4.18. The van der Waals surface area contributed by atoms with Crippen LogP contribution in [0.3, 0.4) is 0 Å². The third kappa shape index (κ3) is 3.32. The fourth-order valence-electron chi connectivity index (χ4n) is 2.58. The second-order valence-electron chi connectivity index (χ2n) is 4.85. The Morgan fingerprint density at radius 2 is 2.29 bits per heavy atom. The van der Waals surface area contributed by atoms with Crippen LogP contribution in [-0.4, -0.2) is 23.1 Å². The number of hydrogen-bond donors (Lipinski definition) is 1. The maximum atomic E-state index is 5.70. The molecule has 1 saturated heterocycles. The number of hydrogen-bond acceptors (Lipinski definition) is 4. The first-order valence-corrected chi connectivity index (χ1v) is 6.63. The highest BCUT2D eigenvalue weighted by molar-refractivity contribution is 5.37. The van der Waals surface area contributed by atoms with Gasteiger partial charge in [0, 0.05) is 19.3 Å². The molecule has 0 spiro atoms. The topological polar surface area (TPSA) is 55.0 Å². The number of anilines is 2. The van der Waals surface area contributed by atoms with Gasteiger partial charge in [-0.2, -0.15) is 4.98 Å². The molecule has 2 N–H and O–H groups in total. The summed E-state index contributed by atoms with van der Waals surface area (Å²) < 4.78 is 0. The Hall–Kier alpha value is -1.32. The highest BCUT2D eigenvalue weighted by atomic mass is 15.3. The van der Waals surface area contributed by atoms with Gasteiger partial charge in [0.05, 0.1) is 0 Å². The average molecular weight is 234 g/mol. The Bertz CT molecular complexity index is 353. The molecular formula is C13H22N4. The fraction of sp³-hybridized carbons (Fsp3) is 0.692. The second-order valence-corrected chi connectivity index (χ2v) is 4.85. The van der Waals surface area contributed by atoms with Gasteiger partial charge in [0.1, 0.15) is 5.82 Å². The smallest absolute Gasteiger partial charge is 0.227 e. The van der Waals surface area contributed by atoms with Gasteiger partial charge in [-0.15, -0.1) is 0 Å². The molecule has 94 valence electrons. The number of nitrogen functional groups attached to an aromatic ring is 1. The van der Waals surface area contributed by atoms with Crippen LogP contribution < -0.4 is 10.6 Å². The molecule has 4 heteroatoms. The van der Waals surface area contributed by atoms with Crippen molar-refractivity contribution in [1.29, 1.82) is 0 Å². The SMILES string of the molecule is CCCC1CCCN(c2nccc(N)n2)CC1. The maximum Gasteiger partial charge on any atom is 0.227 e. The molecule has 4 nitrogen and oxygen atoms in total. The summed E-state index contributed by atoms with van der Waals surface area (Å²) in [5.41, 5.74) is 5.70. The van der Waals surface area contributed by atoms with Gasteiger partial charge in [-0.1, -0.05) is 19.8 Å². The maximum absolute atomic E-state index is 5.70. The van der Waals surface area contributed by atoms with E-state index in [-0.39, 0.29) is 0 Å². The zero-order chi connectivity index (χ0) is 12.1. The minimum Gasteiger partial charge on any atom is -0.384 e. The van der Waals surface area contributed by atoms with Crippen LogP contribution in [0.4, 0.5) is 11.8 Å². The molecule has 0 aliphatic carbocycles. The molecule has 2 rings (SSSR count). The summed E-state index contributed by atoms with van der Waals surface area (Å²) in [5.74, 6) is 2.23. The van der Waals surface area contributed by atoms with E-state index < -0.39 is 0 Å². The largest absolute Gasteiger partial charge is 0.384 e. The highest BCUT2D eigenvalue weighted by Gasteiger charge is 2.18. The van der Waals surface area contributed by atoms with Gasteiger partial charge in [0.2, 0.25) is 5.95 Å². The van der Waals surface area contributed by atoms with Crippen molar-refractivity contribution in [1.82, 2.24) is 9.97 Å². The number of aromatic nitrogens is 2. The van der Waals surface area contributed by atoms with Crippen molar-refractivity contribution < 1.29 is 0 Å². The van der Waals surface area contributed by atoms with Gasteiger partial charge < -0.3 is 10.6 Å². The van der Waals surface area contributed by atoms with E-state index in [9.17, 15) is 0 Å². The van der Waals surface area contributed by atoms with Crippen molar-refractivity contribution in [3.05, 3.63) is 12.3 Å². The lowest BCUT2D eigenvalue weighted by atomic mass is 9.96. The predicted molar refractivity (Wildman–Crippen MR) is 70.9 cm³/mol. The van der Waals surface area contributed by atoms with Gasteiger partial charge in [0.25, 0.3) is 0 Å². The fourth-order valence-corrected chi connectivity index (χ4v) is 2.58. The lowest BCUT2D eigenvalue weighted by Crippen LogP contribution is -2.26. The minimum absolute atomic E-state index is 0.560. The molecular weight excluding hydrogens is 212 g/mol. The molecule has 1 aromatic rings. The van der Waals surface area contributed by atoms with E-state index in [4.69, 9.17) is 5.73 Å². The van der Waals surface area contributed by atoms with E-state index >= 15 is 0 Å². The van der Waals surface area contributed by atoms with Gasteiger partial charge >= 0.3 is 0 Å². The van der Waals surface area contributed by atoms with E-state index in [1.54, 1.807) is 12.3 Å². The van der Waals surface area contributed by atoms with Gasteiger partial charge in [-0.25, -0.2) is 4.98 Å². The molecule has 1 fully saturated rings. The quantitative estimate of drug-likeness (QED) is 0.873. The third-order valence-corrected chi connectivity index (χ3v) is 3.49. The average Bonchev–Trinajstić information content (AvgIpc) is 2.55. The van der Waals surface area contributed by atoms with Crippen LogP contribution in [0.2, 0.25) is 0 Å². The van der Waals surface area contributed by atoms with Crippen molar-refractivity contribution in [3.63, 3.8) is 0 Å². The predicted octanol–water partition coefficient (Wildman–Crippen LogP) is 2.47. The van der Waals surface area contributed by atoms with Crippen molar-refractivity contribution >= 4 is 11.8 Å². The van der Waals surface area contributed by atoms with Crippen LogP contribution in [0.1, 0.15) is 39.0 Å². The summed E-state index contributed by atoms with van der Waals surface area (Å²) in [6.07, 6.45) is 8.22. The molecule has 0 aromatic carbocycles. The normalized spacial score (nSPS) is 21.2. The molecule has 1 aromatic heterocycles. The van der Waals surface area contributed by atoms with Crippen molar-refractivity contribution in [2.24, 2.45) is 5.92 Å². The van der Waals surface area contributed by atoms with Crippen LogP contribution in [-0.2, 0) is 0 Å². The Balaban J connectivity index is 1.99. The first-order chi connectivity index (χ1) is 8.29. The second kappa shape index (κ2) is 5.84. The Morgan fingerprint density at radius 3 is 3.06 bits per heavy atom. The van der Waals surface area contributed by atoms with Crippen LogP contribution in [0, 0.1) is 5.92 Å². The Morgan fingerprint density at radius 1 is 1.41 bits per heavy atom. The van der Waals surface area contributed by atoms with Crippen LogP contribution in [0.15, 0.2) is 12.3 Å². The van der Waals surface area contributed by atoms with Crippen LogP contribution in [0.25, 0.3) is 0 Å². The first-order valence-electron chi connectivity index (χ1n) is 6.63. The molecule has 1 aliphatic heterocycles. The van der Waals surface area contributed by atoms with Crippen LogP contribution >= 0.6 is 0 Å². The monoisotopic (exact) mass is 234 g/mol. The van der Waals surface area contributed by atoms with E-state index in [1.807, 2.05) is 0 Å². The summed E-state index contributed by atoms with van der Waals surface area (Å²) in [4.78, 5) is 10.9. The van der Waals surface area contributed by atoms with Crippen LogP contribution in [0.5, 0.6) is 0 Å². The molecule has 1 unspecified atom stereocenters. The third-order valence-electron chi connectivity index (χ3n) is 3.49. The van der Waals surface area contributed by atoms with Crippen molar-refractivity contribution in [3.8, 4) is 0 Å². The summed E-state index contributed by atoms with van der Waals surface area (Å²) in [6, 6.07) is 1.74. The number of nitrogens with zero attached hydrogens (tertiary/aromatic N) is 3. The van der Waals surface area contributed by atoms with E-state index in [2.05, 4.69) is 21.8 Å². The lowest BCUT2D eigenvalue weighted by Gasteiger charge is -2.20. The van der Waals surface area contributed by atoms with E-state index in [0.29, 0.717) is 5.82 Å². The highest BCUT2D eigenvalue weighted by Crippen LogP contribution is 2.23. The summed E-state index contributed by atoms with van der Waals surface area (Å²) >= 11 is 0. The number of rotatable bonds is 3. The lowest BCUT2D eigenvalue weighted by molar-refractivity contribution is 0.435. The zero-order valence-corrected chi connectivity index (χ0v) is 10.6. The molecule has 0 bridgehead atoms. The first kappa shape index (κ1) is 12.1. The molecule has 0 radical (unpaired) electrons. The standard InChI is InChI=1S/C13H22N4/c1-2-4-11-5-3-9-17(10-7-11)13-15-8-6-12(14)16-13/h6,8,11H,2-5,7,9-10H2,1H3,(H2,14,15,16). The van der Waals surface area contributed by atoms with E-state index in [1.165, 1.54) is 32.1 Å². The summed E-state index contributed by atoms with van der Waals surface area (Å²) in [5, 5.41) is 0. The zero-order valence-electron chi connectivity index (χ0n) is 10.6. The molecule has 2 heterocycles. The van der Waals surface area contributed by atoms with Gasteiger partial charge in [-0.3, -0.25) is 0 Å². The van der Waals surface area contributed by atoms with Gasteiger partial charge in [-0.05, 0) is 31.2 Å². The number of nitrogens with two attached hydrogens (primary N) is 1. The molecule has 1 aliphatic rings. The van der Waals surface area contributed by atoms with Gasteiger partial charge in [0.15, 0.2) is 0 Å². The molecule has 1 atom stereocenters. The summed E-state index contributed by atoms with van der Waals surface area (Å²) in [6.45, 7) is 4.39. The van der Waals surface area contributed by atoms with Crippen molar-refractivity contribution in [2.45, 2.75) is 39.0 Å². The molecule has 0 saturated carbocycles. The Labute approximate surface area is 103 Å². The molecule has 0 amide bonds. The summed E-state index contributed by atoms with van der Waals surface area (Å²) in [7, 11) is 0. The minimum atomic E-state index is 0.560. The van der Waals surface area contributed by atoms with Crippen molar-refractivity contribution in [2.75, 3.05) is 23.7 Å². The van der Waals surface area contributed by atoms with E-state index in [0.717, 1.165) is 25.0 Å².